The van der Waals surface area contributed by atoms with Crippen LogP contribution in [0.4, 0.5) is 13.2 Å². The summed E-state index contributed by atoms with van der Waals surface area (Å²) in [5.74, 6) is -1.23. The fourth-order valence-electron chi connectivity index (χ4n) is 3.61. The molecule has 28 heavy (non-hydrogen) atoms. The summed E-state index contributed by atoms with van der Waals surface area (Å²) in [4.78, 5) is 17.4. The van der Waals surface area contributed by atoms with Crippen LogP contribution >= 0.6 is 0 Å². The number of carbonyl (C=O) groups excluding carboxylic acids is 1. The molecule has 0 radical (unpaired) electrons. The van der Waals surface area contributed by atoms with Crippen LogP contribution in [0.3, 0.4) is 0 Å². The zero-order valence-electron chi connectivity index (χ0n) is 16.0. The van der Waals surface area contributed by atoms with E-state index in [1.165, 1.54) is 0 Å². The van der Waals surface area contributed by atoms with E-state index in [1.807, 2.05) is 32.2 Å². The molecule has 0 N–H and O–H groups in total. The minimum Gasteiger partial charge on any atom is -0.365 e. The Balaban J connectivity index is 1.87. The minimum absolute atomic E-state index is 0.0954. The maximum atomic E-state index is 14.0. The van der Waals surface area contributed by atoms with Gasteiger partial charge in [-0.2, -0.15) is 4.39 Å². The fourth-order valence-corrected chi connectivity index (χ4v) is 3.61. The van der Waals surface area contributed by atoms with Gasteiger partial charge in [0, 0.05) is 18.5 Å². The normalized spacial score (nSPS) is 16.4. The van der Waals surface area contributed by atoms with Crippen molar-refractivity contribution < 1.29 is 18.0 Å². The van der Waals surface area contributed by atoms with Gasteiger partial charge in [-0.1, -0.05) is 25.1 Å². The van der Waals surface area contributed by atoms with Crippen molar-refractivity contribution in [3.8, 4) is 11.1 Å². The molecule has 0 amide bonds. The molecular weight excluding hydrogens is 365 g/mol. The van der Waals surface area contributed by atoms with Gasteiger partial charge in [0.15, 0.2) is 5.78 Å². The van der Waals surface area contributed by atoms with Crippen molar-refractivity contribution in [2.75, 3.05) is 13.2 Å². The maximum absolute atomic E-state index is 14.0. The van der Waals surface area contributed by atoms with E-state index in [-0.39, 0.29) is 23.9 Å². The van der Waals surface area contributed by atoms with Crippen molar-refractivity contribution in [1.82, 2.24) is 9.88 Å². The van der Waals surface area contributed by atoms with Crippen molar-refractivity contribution in [3.05, 3.63) is 65.1 Å². The van der Waals surface area contributed by atoms with E-state index in [0.717, 1.165) is 29.0 Å². The molecule has 6 heteroatoms. The van der Waals surface area contributed by atoms with E-state index in [9.17, 15) is 18.0 Å². The second-order valence-electron chi connectivity index (χ2n) is 7.06. The Kier molecular flexibility index (Phi) is 6.17. The first kappa shape index (κ1) is 20.1. The summed E-state index contributed by atoms with van der Waals surface area (Å²) in [5, 5.41) is 0. The molecule has 1 unspecified atom stereocenters. The summed E-state index contributed by atoms with van der Waals surface area (Å²) in [6.07, 6.45) is 4.26. The second-order valence-corrected chi connectivity index (χ2v) is 7.06. The van der Waals surface area contributed by atoms with Crippen molar-refractivity contribution in [2.24, 2.45) is 0 Å². The number of carbonyl (C=O) groups is 1. The van der Waals surface area contributed by atoms with E-state index < -0.39 is 18.4 Å². The van der Waals surface area contributed by atoms with Crippen molar-refractivity contribution in [3.63, 3.8) is 0 Å². The number of alkyl halides is 1. The van der Waals surface area contributed by atoms with Crippen LogP contribution in [0.5, 0.6) is 0 Å². The molecule has 0 aliphatic carbocycles. The number of aryl methyl sites for hydroxylation is 1. The van der Waals surface area contributed by atoms with Crippen LogP contribution < -0.4 is 0 Å². The van der Waals surface area contributed by atoms with Gasteiger partial charge in [0.25, 0.3) is 0 Å². The number of hydrogen-bond donors (Lipinski definition) is 0. The predicted octanol–water partition coefficient (Wildman–Crippen LogP) is 4.78. The van der Waals surface area contributed by atoms with Gasteiger partial charge in [-0.3, -0.25) is 4.79 Å². The Morgan fingerprint density at radius 2 is 2.07 bits per heavy atom. The van der Waals surface area contributed by atoms with Crippen LogP contribution in [0.1, 0.15) is 30.9 Å². The highest BCUT2D eigenvalue weighted by Crippen LogP contribution is 2.30. The highest BCUT2D eigenvalue weighted by Gasteiger charge is 2.29. The zero-order valence-corrected chi connectivity index (χ0v) is 16.0. The molecule has 0 fully saturated rings. The van der Waals surface area contributed by atoms with Crippen LogP contribution in [-0.2, 0) is 11.2 Å². The van der Waals surface area contributed by atoms with Gasteiger partial charge < -0.3 is 4.90 Å². The smallest absolute Gasteiger partial charge is 0.220 e. The molecule has 1 aromatic heterocycles. The van der Waals surface area contributed by atoms with Gasteiger partial charge >= 0.3 is 0 Å². The maximum Gasteiger partial charge on any atom is 0.220 e. The minimum atomic E-state index is -0.723. The average Bonchev–Trinajstić information content (AvgIpc) is 3.07. The Bertz CT molecular complexity index is 911. The van der Waals surface area contributed by atoms with Gasteiger partial charge in [-0.15, -0.1) is 0 Å². The number of Topliss-reactive ketones (excluding diaryl/α,β-unsaturated/α-hetero) is 1. The molecular formula is C22H23F3N2O. The van der Waals surface area contributed by atoms with Crippen LogP contribution in [0.2, 0.25) is 0 Å². The lowest BCUT2D eigenvalue weighted by molar-refractivity contribution is -0.122. The Morgan fingerprint density at radius 3 is 2.79 bits per heavy atom. The molecule has 1 aliphatic rings. The highest BCUT2D eigenvalue weighted by atomic mass is 19.1. The Labute approximate surface area is 162 Å². The lowest BCUT2D eigenvalue weighted by atomic mass is 9.94. The Morgan fingerprint density at radius 1 is 1.29 bits per heavy atom. The van der Waals surface area contributed by atoms with Crippen LogP contribution in [0, 0.1) is 18.7 Å². The first-order valence-electron chi connectivity index (χ1n) is 9.37. The fraction of sp³-hybridized carbons (Fsp3) is 0.364. The third kappa shape index (κ3) is 4.26. The molecule has 0 saturated carbocycles. The molecule has 1 aliphatic heterocycles. The standard InChI is InChI=1S/C22H23F3N2O/c1-3-21(28)20-9-15(13-27(20)7-6-23)8-17-10-16(5-4-14(17)2)19-11-18(24)12-26-22(19)25/h4-5,10-13,20H,3,6-9H2,1-2H3. The summed E-state index contributed by atoms with van der Waals surface area (Å²) in [7, 11) is 0. The third-order valence-corrected chi connectivity index (χ3v) is 5.15. The van der Waals surface area contributed by atoms with Crippen molar-refractivity contribution in [2.45, 2.75) is 39.2 Å². The van der Waals surface area contributed by atoms with E-state index in [4.69, 9.17) is 0 Å². The highest BCUT2D eigenvalue weighted by molar-refractivity contribution is 5.84. The summed E-state index contributed by atoms with van der Waals surface area (Å²) in [5.41, 5.74) is 3.65. The van der Waals surface area contributed by atoms with Gasteiger partial charge in [0.2, 0.25) is 5.95 Å². The van der Waals surface area contributed by atoms with Gasteiger partial charge in [0.05, 0.1) is 12.2 Å². The van der Waals surface area contributed by atoms with Crippen LogP contribution in [0.15, 0.2) is 42.2 Å². The Hall–Kier alpha value is -2.63. The monoisotopic (exact) mass is 388 g/mol. The van der Waals surface area contributed by atoms with Gasteiger partial charge in [0.1, 0.15) is 12.5 Å². The largest absolute Gasteiger partial charge is 0.365 e. The number of rotatable bonds is 7. The molecule has 3 rings (SSSR count). The van der Waals surface area contributed by atoms with E-state index >= 15 is 0 Å². The number of hydrogen-bond acceptors (Lipinski definition) is 3. The number of benzene rings is 1. The first-order chi connectivity index (χ1) is 13.4. The number of nitrogens with zero attached hydrogens (tertiary/aromatic N) is 2. The van der Waals surface area contributed by atoms with E-state index in [2.05, 4.69) is 4.98 Å². The van der Waals surface area contributed by atoms with Crippen molar-refractivity contribution >= 4 is 5.78 Å². The molecule has 0 bridgehead atoms. The molecule has 0 saturated heterocycles. The molecule has 1 atom stereocenters. The van der Waals surface area contributed by atoms with E-state index in [0.29, 0.717) is 24.8 Å². The molecule has 2 heterocycles. The lowest BCUT2D eigenvalue weighted by Gasteiger charge is -2.22. The molecule has 0 spiro atoms. The molecule has 3 nitrogen and oxygen atoms in total. The summed E-state index contributed by atoms with van der Waals surface area (Å²) in [6.45, 7) is 3.43. The summed E-state index contributed by atoms with van der Waals surface area (Å²) in [6, 6.07) is 6.23. The molecule has 1 aromatic carbocycles. The van der Waals surface area contributed by atoms with Crippen LogP contribution in [0.25, 0.3) is 11.1 Å². The first-order valence-corrected chi connectivity index (χ1v) is 9.37. The lowest BCUT2D eigenvalue weighted by Crippen LogP contribution is -2.35. The predicted molar refractivity (Wildman–Crippen MR) is 102 cm³/mol. The summed E-state index contributed by atoms with van der Waals surface area (Å²) >= 11 is 0. The average molecular weight is 388 g/mol. The third-order valence-electron chi connectivity index (χ3n) is 5.15. The second kappa shape index (κ2) is 8.59. The quantitative estimate of drug-likeness (QED) is 0.640. The zero-order chi connectivity index (χ0) is 20.3. The summed E-state index contributed by atoms with van der Waals surface area (Å²) < 4.78 is 40.4. The number of pyridine rings is 1. The van der Waals surface area contributed by atoms with E-state index in [1.54, 1.807) is 11.0 Å². The number of halogens is 3. The van der Waals surface area contributed by atoms with Gasteiger partial charge in [-0.05, 0) is 54.3 Å². The van der Waals surface area contributed by atoms with Crippen LogP contribution in [-0.4, -0.2) is 34.9 Å². The molecule has 2 aromatic rings. The SMILES string of the molecule is CCC(=O)C1CC(Cc2cc(-c3cc(F)cnc3F)ccc2C)=CN1CCF. The van der Waals surface area contributed by atoms with Crippen molar-refractivity contribution in [1.29, 1.82) is 0 Å². The topological polar surface area (TPSA) is 33.2 Å². The molecule has 148 valence electrons. The number of ketones is 1. The number of aromatic nitrogens is 1. The van der Waals surface area contributed by atoms with Gasteiger partial charge in [-0.25, -0.2) is 13.8 Å².